The van der Waals surface area contributed by atoms with E-state index in [2.05, 4.69) is 31.3 Å². The van der Waals surface area contributed by atoms with Crippen LogP contribution in [0.2, 0.25) is 0 Å². The number of nitrogens with one attached hydrogen (secondary N) is 1. The quantitative estimate of drug-likeness (QED) is 0.883. The number of hydrogen-bond acceptors (Lipinski definition) is 2. The van der Waals surface area contributed by atoms with Crippen LogP contribution in [0.5, 0.6) is 5.75 Å². The highest BCUT2D eigenvalue weighted by Gasteiger charge is 2.48. The highest BCUT2D eigenvalue weighted by atomic mass is 16.5. The van der Waals surface area contributed by atoms with Gasteiger partial charge < -0.3 is 10.1 Å². The van der Waals surface area contributed by atoms with Crippen LogP contribution in [0.1, 0.15) is 57.4 Å². The molecule has 3 heteroatoms. The Kier molecular flexibility index (Phi) is 4.28. The zero-order valence-electron chi connectivity index (χ0n) is 14.8. The molecule has 1 aromatic rings. The third-order valence-electron chi connectivity index (χ3n) is 6.47. The van der Waals surface area contributed by atoms with Gasteiger partial charge in [0.2, 0.25) is 0 Å². The predicted octanol–water partition coefficient (Wildman–Crippen LogP) is 4.13. The van der Waals surface area contributed by atoms with Crippen LogP contribution in [0.15, 0.2) is 24.3 Å². The second-order valence-corrected chi connectivity index (χ2v) is 8.54. The van der Waals surface area contributed by atoms with Gasteiger partial charge >= 0.3 is 0 Å². The van der Waals surface area contributed by atoms with E-state index in [0.717, 1.165) is 29.4 Å². The molecule has 3 nitrogen and oxygen atoms in total. The van der Waals surface area contributed by atoms with Crippen LogP contribution >= 0.6 is 0 Å². The van der Waals surface area contributed by atoms with Gasteiger partial charge in [0.1, 0.15) is 5.75 Å². The first-order valence-electron chi connectivity index (χ1n) is 9.60. The fraction of sp³-hybridized carbons (Fsp3) is 0.667. The molecular formula is C21H29NO2. The van der Waals surface area contributed by atoms with E-state index in [0.29, 0.717) is 12.0 Å². The Bertz CT molecular complexity index is 564. The van der Waals surface area contributed by atoms with Gasteiger partial charge in [-0.25, -0.2) is 0 Å². The van der Waals surface area contributed by atoms with Crippen molar-refractivity contribution in [3.8, 4) is 5.75 Å². The molecule has 0 heterocycles. The largest absolute Gasteiger partial charge is 0.484 e. The maximum Gasteiger partial charge on any atom is 0.258 e. The lowest BCUT2D eigenvalue weighted by atomic mass is 9.54. The molecule has 24 heavy (non-hydrogen) atoms. The predicted molar refractivity (Wildman–Crippen MR) is 95.0 cm³/mol. The van der Waals surface area contributed by atoms with Crippen molar-refractivity contribution >= 4 is 5.91 Å². The van der Waals surface area contributed by atoms with E-state index < -0.39 is 0 Å². The second kappa shape index (κ2) is 6.42. The summed E-state index contributed by atoms with van der Waals surface area (Å²) in [5.41, 5.74) is 1.29. The molecule has 4 bridgehead atoms. The van der Waals surface area contributed by atoms with Crippen molar-refractivity contribution in [1.29, 1.82) is 0 Å². The van der Waals surface area contributed by atoms with Gasteiger partial charge in [-0.15, -0.1) is 0 Å². The number of carbonyl (C=O) groups is 1. The minimum Gasteiger partial charge on any atom is -0.484 e. The van der Waals surface area contributed by atoms with Crippen molar-refractivity contribution in [2.75, 3.05) is 6.61 Å². The Morgan fingerprint density at radius 2 is 1.62 bits per heavy atom. The van der Waals surface area contributed by atoms with E-state index in [-0.39, 0.29) is 12.5 Å². The molecule has 130 valence electrons. The molecule has 1 amide bonds. The van der Waals surface area contributed by atoms with E-state index in [4.69, 9.17) is 4.74 Å². The van der Waals surface area contributed by atoms with E-state index in [1.807, 2.05) is 12.1 Å². The monoisotopic (exact) mass is 327 g/mol. The lowest BCUT2D eigenvalue weighted by molar-refractivity contribution is -0.127. The van der Waals surface area contributed by atoms with Crippen molar-refractivity contribution in [1.82, 2.24) is 5.32 Å². The Morgan fingerprint density at radius 1 is 1.04 bits per heavy atom. The first-order chi connectivity index (χ1) is 11.6. The molecule has 0 unspecified atom stereocenters. The summed E-state index contributed by atoms with van der Waals surface area (Å²) in [6, 6.07) is 8.49. The summed E-state index contributed by atoms with van der Waals surface area (Å²) < 4.78 is 5.68. The molecule has 0 radical (unpaired) electrons. The minimum absolute atomic E-state index is 0.0420. The number of amides is 1. The Balaban J connectivity index is 1.29. The van der Waals surface area contributed by atoms with Gasteiger partial charge in [0.05, 0.1) is 0 Å². The summed E-state index contributed by atoms with van der Waals surface area (Å²) in [6.07, 6.45) is 6.76. The minimum atomic E-state index is 0.0420. The average molecular weight is 327 g/mol. The number of benzene rings is 1. The van der Waals surface area contributed by atoms with E-state index in [1.54, 1.807) is 0 Å². The highest BCUT2D eigenvalue weighted by Crippen LogP contribution is 2.53. The molecule has 0 spiro atoms. The maximum atomic E-state index is 12.3. The summed E-state index contributed by atoms with van der Waals surface area (Å²) >= 11 is 0. The molecule has 5 rings (SSSR count). The molecule has 4 fully saturated rings. The molecule has 0 atom stereocenters. The van der Waals surface area contributed by atoms with Gasteiger partial charge in [-0.3, -0.25) is 4.79 Å². The van der Waals surface area contributed by atoms with Gasteiger partial charge in [-0.1, -0.05) is 26.0 Å². The molecule has 0 aromatic heterocycles. The molecule has 4 aliphatic carbocycles. The lowest BCUT2D eigenvalue weighted by Gasteiger charge is -2.54. The average Bonchev–Trinajstić information content (AvgIpc) is 2.56. The van der Waals surface area contributed by atoms with Crippen LogP contribution in [-0.4, -0.2) is 18.6 Å². The Labute approximate surface area is 145 Å². The third-order valence-corrected chi connectivity index (χ3v) is 6.47. The standard InChI is InChI=1S/C21H29NO2/c1-13(2)16-3-5-19(6-4-16)24-12-20(23)22-21-17-8-14-7-15(10-17)11-18(21)9-14/h3-6,13-15,17-18,21H,7-12H2,1-2H3,(H,22,23). The van der Waals surface area contributed by atoms with Crippen molar-refractivity contribution in [2.24, 2.45) is 23.7 Å². The molecule has 4 aliphatic rings. The van der Waals surface area contributed by atoms with Crippen LogP contribution in [-0.2, 0) is 4.79 Å². The fourth-order valence-corrected chi connectivity index (χ4v) is 5.49. The van der Waals surface area contributed by atoms with Crippen molar-refractivity contribution in [2.45, 2.75) is 57.9 Å². The normalized spacial score (nSPS) is 33.7. The van der Waals surface area contributed by atoms with Gasteiger partial charge in [-0.2, -0.15) is 0 Å². The molecular weight excluding hydrogens is 298 g/mol. The van der Waals surface area contributed by atoms with E-state index in [9.17, 15) is 4.79 Å². The maximum absolute atomic E-state index is 12.3. The first-order valence-corrected chi connectivity index (χ1v) is 9.60. The zero-order chi connectivity index (χ0) is 16.7. The Hall–Kier alpha value is -1.51. The zero-order valence-corrected chi connectivity index (χ0v) is 14.8. The van der Waals surface area contributed by atoms with Crippen LogP contribution in [0, 0.1) is 23.7 Å². The van der Waals surface area contributed by atoms with Gasteiger partial charge in [-0.05, 0) is 79.4 Å². The fourth-order valence-electron chi connectivity index (χ4n) is 5.49. The Morgan fingerprint density at radius 3 is 2.17 bits per heavy atom. The van der Waals surface area contributed by atoms with Crippen LogP contribution in [0.3, 0.4) is 0 Å². The third kappa shape index (κ3) is 3.18. The number of hydrogen-bond donors (Lipinski definition) is 1. The number of carbonyl (C=O) groups excluding carboxylic acids is 1. The number of ether oxygens (including phenoxy) is 1. The molecule has 0 aliphatic heterocycles. The molecule has 0 saturated heterocycles. The smallest absolute Gasteiger partial charge is 0.258 e. The molecule has 1 aromatic carbocycles. The summed E-state index contributed by atoms with van der Waals surface area (Å²) in [5.74, 6) is 4.65. The first kappa shape index (κ1) is 16.0. The topological polar surface area (TPSA) is 38.3 Å². The summed E-state index contributed by atoms with van der Waals surface area (Å²) in [6.45, 7) is 4.48. The summed E-state index contributed by atoms with van der Waals surface area (Å²) in [5, 5.41) is 3.30. The molecule has 4 saturated carbocycles. The van der Waals surface area contributed by atoms with E-state index >= 15 is 0 Å². The molecule has 1 N–H and O–H groups in total. The van der Waals surface area contributed by atoms with Crippen molar-refractivity contribution in [3.63, 3.8) is 0 Å². The van der Waals surface area contributed by atoms with Crippen LogP contribution < -0.4 is 10.1 Å². The van der Waals surface area contributed by atoms with Crippen molar-refractivity contribution in [3.05, 3.63) is 29.8 Å². The summed E-state index contributed by atoms with van der Waals surface area (Å²) in [7, 11) is 0. The van der Waals surface area contributed by atoms with Crippen LogP contribution in [0.4, 0.5) is 0 Å². The van der Waals surface area contributed by atoms with E-state index in [1.165, 1.54) is 37.7 Å². The van der Waals surface area contributed by atoms with Crippen LogP contribution in [0.25, 0.3) is 0 Å². The SMILES string of the molecule is CC(C)c1ccc(OCC(=O)NC2C3CC4CC(C3)CC2C4)cc1. The van der Waals surface area contributed by atoms with Crippen molar-refractivity contribution < 1.29 is 9.53 Å². The highest BCUT2D eigenvalue weighted by molar-refractivity contribution is 5.78. The lowest BCUT2D eigenvalue weighted by Crippen LogP contribution is -2.56. The van der Waals surface area contributed by atoms with Gasteiger partial charge in [0.15, 0.2) is 6.61 Å². The summed E-state index contributed by atoms with van der Waals surface area (Å²) in [4.78, 5) is 12.3. The van der Waals surface area contributed by atoms with Gasteiger partial charge in [0.25, 0.3) is 5.91 Å². The number of rotatable bonds is 5. The van der Waals surface area contributed by atoms with Gasteiger partial charge in [0, 0.05) is 6.04 Å². The second-order valence-electron chi connectivity index (χ2n) is 8.54.